The van der Waals surface area contributed by atoms with Crippen LogP contribution in [-0.4, -0.2) is 135 Å². The largest absolute Gasteiger partial charge is 0.396 e. The molecule has 0 aromatic carbocycles. The number of ketones is 1. The van der Waals surface area contributed by atoms with Crippen molar-refractivity contribution < 1.29 is 64.2 Å². The van der Waals surface area contributed by atoms with Gasteiger partial charge in [0, 0.05) is 23.2 Å². The Bertz CT molecular complexity index is 1460. The summed E-state index contributed by atoms with van der Waals surface area (Å²) in [5.74, 6) is 1.06. The number of rotatable bonds is 6. The fraction of sp³-hybridized carbons (Fsp3) is 0.976. The zero-order chi connectivity index (χ0) is 39.0. The van der Waals surface area contributed by atoms with Crippen molar-refractivity contribution in [3.05, 3.63) is 0 Å². The summed E-state index contributed by atoms with van der Waals surface area (Å²) >= 11 is 0. The highest BCUT2D eigenvalue weighted by Gasteiger charge is 2.80. The van der Waals surface area contributed by atoms with Gasteiger partial charge in [-0.15, -0.1) is 0 Å². The van der Waals surface area contributed by atoms with Gasteiger partial charge in [0.15, 0.2) is 12.6 Å². The lowest BCUT2D eigenvalue weighted by molar-refractivity contribution is -0.354. The summed E-state index contributed by atoms with van der Waals surface area (Å²) in [6, 6.07) is 0. The van der Waals surface area contributed by atoms with E-state index in [0.717, 1.165) is 51.4 Å². The number of hydrogen-bond donors (Lipinski definition) is 7. The Labute approximate surface area is 319 Å². The van der Waals surface area contributed by atoms with Crippen LogP contribution in [0.4, 0.5) is 0 Å². The third kappa shape index (κ3) is 5.22. The fourth-order valence-electron chi connectivity index (χ4n) is 14.5. The Morgan fingerprint density at radius 2 is 1.44 bits per heavy atom. The molecular weight excluding hydrogens is 700 g/mol. The first kappa shape index (κ1) is 40.0. The molecule has 8 aliphatic rings. The number of Topliss-reactive ketones (excluding diaryl/α,β-unsaturated/α-hetero) is 1. The lowest BCUT2D eigenvalue weighted by atomic mass is 9.30. The van der Waals surface area contributed by atoms with Gasteiger partial charge >= 0.3 is 0 Å². The summed E-state index contributed by atoms with van der Waals surface area (Å²) < 4.78 is 30.7. The van der Waals surface area contributed by atoms with E-state index in [2.05, 4.69) is 41.5 Å². The second-order valence-corrected chi connectivity index (χ2v) is 20.7. The van der Waals surface area contributed by atoms with Crippen LogP contribution in [0, 0.1) is 50.2 Å². The molecule has 0 aromatic heterocycles. The number of fused-ring (bicyclic) bond motifs is 4. The van der Waals surface area contributed by atoms with E-state index in [1.807, 2.05) is 0 Å². The smallest absolute Gasteiger partial charge is 0.187 e. The third-order valence-electron chi connectivity index (χ3n) is 17.9. The number of hydrogen-bond acceptors (Lipinski definition) is 13. The Morgan fingerprint density at radius 1 is 0.741 bits per heavy atom. The van der Waals surface area contributed by atoms with Gasteiger partial charge in [-0.1, -0.05) is 41.5 Å². The number of carbonyl (C=O) groups is 1. The molecule has 3 saturated heterocycles. The highest BCUT2D eigenvalue weighted by atomic mass is 16.7. The van der Waals surface area contributed by atoms with Gasteiger partial charge in [-0.3, -0.25) is 4.79 Å². The van der Waals surface area contributed by atoms with E-state index in [-0.39, 0.29) is 57.7 Å². The maximum Gasteiger partial charge on any atom is 0.187 e. The molecule has 54 heavy (non-hydrogen) atoms. The van der Waals surface area contributed by atoms with E-state index in [4.69, 9.17) is 23.7 Å². The first-order valence-corrected chi connectivity index (χ1v) is 20.6. The molecule has 3 aliphatic heterocycles. The molecular formula is C41H66O13. The molecule has 19 atom stereocenters. The summed E-state index contributed by atoms with van der Waals surface area (Å²) in [6.07, 6.45) is -4.74. The quantitative estimate of drug-likeness (QED) is 0.193. The molecule has 7 N–H and O–H groups in total. The minimum atomic E-state index is -1.67. The first-order valence-electron chi connectivity index (χ1n) is 20.6. The predicted molar refractivity (Wildman–Crippen MR) is 191 cm³/mol. The molecule has 5 aliphatic carbocycles. The van der Waals surface area contributed by atoms with Gasteiger partial charge in [0.2, 0.25) is 0 Å². The number of aliphatic hydroxyl groups excluding tert-OH is 7. The van der Waals surface area contributed by atoms with Gasteiger partial charge in [0.1, 0.15) is 48.5 Å². The van der Waals surface area contributed by atoms with Gasteiger partial charge in [-0.05, 0) is 85.9 Å². The molecule has 8 rings (SSSR count). The van der Waals surface area contributed by atoms with Crippen LogP contribution in [0.1, 0.15) is 106 Å². The summed E-state index contributed by atoms with van der Waals surface area (Å²) in [6.45, 7) is 13.6. The summed E-state index contributed by atoms with van der Waals surface area (Å²) in [4.78, 5) is 14.4. The van der Waals surface area contributed by atoms with Crippen LogP contribution >= 0.6 is 0 Å². The Kier molecular flexibility index (Phi) is 9.70. The monoisotopic (exact) mass is 766 g/mol. The zero-order valence-electron chi connectivity index (χ0n) is 33.0. The maximum absolute atomic E-state index is 14.4. The van der Waals surface area contributed by atoms with Gasteiger partial charge in [0.25, 0.3) is 0 Å². The van der Waals surface area contributed by atoms with E-state index < -0.39 is 73.4 Å². The van der Waals surface area contributed by atoms with Crippen molar-refractivity contribution in [2.75, 3.05) is 26.4 Å². The lowest BCUT2D eigenvalue weighted by Crippen LogP contribution is -2.73. The molecule has 0 radical (unpaired) electrons. The average molecular weight is 767 g/mol. The number of ether oxygens (including phenoxy) is 5. The van der Waals surface area contributed by atoms with Crippen LogP contribution < -0.4 is 0 Å². The van der Waals surface area contributed by atoms with Crippen molar-refractivity contribution >= 4 is 5.78 Å². The highest BCUT2D eigenvalue weighted by molar-refractivity contribution is 5.88. The molecule has 13 nitrogen and oxygen atoms in total. The van der Waals surface area contributed by atoms with Crippen LogP contribution in [0.2, 0.25) is 0 Å². The maximum atomic E-state index is 14.4. The molecule has 0 aromatic rings. The molecule has 8 fully saturated rings. The molecule has 1 spiro atoms. The predicted octanol–water partition coefficient (Wildman–Crippen LogP) is 1.82. The standard InChI is InChI=1S/C41H66O13/c1-35(2)13-14-40-20-51-41(25(40)15-35)12-8-24-36(3)10-9-27(37(4,19-43)23(36)7-11-38(24,5)39(41,6)16-26(40)44)54-33-31(48)29(46)22(18-50-33)53-34-32(49)30(47)28(45)21(17-42)52-34/h21-25,27-34,42-43,45-49H,7-20H2,1-6H3. The fourth-order valence-corrected chi connectivity index (χ4v) is 14.5. The van der Waals surface area contributed by atoms with E-state index >= 15 is 0 Å². The molecule has 2 bridgehead atoms. The van der Waals surface area contributed by atoms with Gasteiger partial charge in [-0.25, -0.2) is 0 Å². The van der Waals surface area contributed by atoms with E-state index in [1.165, 1.54) is 0 Å². The van der Waals surface area contributed by atoms with Crippen molar-refractivity contribution in [1.82, 2.24) is 0 Å². The second kappa shape index (κ2) is 13.1. The van der Waals surface area contributed by atoms with Crippen LogP contribution in [0.25, 0.3) is 0 Å². The first-order chi connectivity index (χ1) is 25.3. The van der Waals surface area contributed by atoms with Crippen LogP contribution in [-0.2, 0) is 28.5 Å². The molecule has 5 saturated carbocycles. The number of aliphatic hydroxyl groups is 7. The minimum Gasteiger partial charge on any atom is -0.396 e. The zero-order valence-corrected chi connectivity index (χ0v) is 33.0. The topological polar surface area (TPSA) is 205 Å². The Balaban J connectivity index is 0.990. The van der Waals surface area contributed by atoms with Crippen LogP contribution in [0.3, 0.4) is 0 Å². The molecule has 308 valence electrons. The second-order valence-electron chi connectivity index (χ2n) is 20.7. The van der Waals surface area contributed by atoms with Crippen molar-refractivity contribution in [2.24, 2.45) is 50.2 Å². The van der Waals surface area contributed by atoms with Crippen molar-refractivity contribution in [1.29, 1.82) is 0 Å². The normalized spacial score (nSPS) is 58.1. The van der Waals surface area contributed by atoms with Gasteiger partial charge in [-0.2, -0.15) is 0 Å². The molecule has 13 heteroatoms. The summed E-state index contributed by atoms with van der Waals surface area (Å²) in [5.41, 5.74) is -1.75. The van der Waals surface area contributed by atoms with Crippen molar-refractivity contribution in [3.8, 4) is 0 Å². The van der Waals surface area contributed by atoms with Gasteiger partial charge < -0.3 is 59.4 Å². The van der Waals surface area contributed by atoms with E-state index in [9.17, 15) is 40.5 Å². The van der Waals surface area contributed by atoms with E-state index in [1.54, 1.807) is 0 Å². The molecule has 19 unspecified atom stereocenters. The van der Waals surface area contributed by atoms with Crippen molar-refractivity contribution in [3.63, 3.8) is 0 Å². The molecule has 3 heterocycles. The Hall–Kier alpha value is -0.810. The third-order valence-corrected chi connectivity index (χ3v) is 17.9. The Morgan fingerprint density at radius 3 is 2.15 bits per heavy atom. The summed E-state index contributed by atoms with van der Waals surface area (Å²) in [5, 5.41) is 73.9. The van der Waals surface area contributed by atoms with Crippen molar-refractivity contribution in [2.45, 2.75) is 173 Å². The number of carbonyl (C=O) groups excluding carboxylic acids is 1. The summed E-state index contributed by atoms with van der Waals surface area (Å²) in [7, 11) is 0. The average Bonchev–Trinajstić information content (AvgIpc) is 3.40. The molecule has 0 amide bonds. The van der Waals surface area contributed by atoms with Gasteiger partial charge in [0.05, 0.1) is 43.5 Å². The SMILES string of the molecule is CC1(C)CCC23COC4(CCC5C6(C)CCC(OC7OCC(OC8OC(CO)C(O)C(O)C8O)C(O)C7O)C(C)(CO)C6CCC5(C)C4(C)CC2=O)C3C1. The lowest BCUT2D eigenvalue weighted by Gasteiger charge is -2.74. The minimum absolute atomic E-state index is 0.0916. The van der Waals surface area contributed by atoms with Crippen LogP contribution in [0.5, 0.6) is 0 Å². The van der Waals surface area contributed by atoms with Crippen LogP contribution in [0.15, 0.2) is 0 Å². The highest BCUT2D eigenvalue weighted by Crippen LogP contribution is 2.80. The van der Waals surface area contributed by atoms with E-state index in [0.29, 0.717) is 31.1 Å².